The third-order valence-corrected chi connectivity index (χ3v) is 3.70. The number of hydrogen-bond acceptors (Lipinski definition) is 2. The maximum Gasteiger partial charge on any atom is 0.125 e. The second-order valence-corrected chi connectivity index (χ2v) is 5.37. The van der Waals surface area contributed by atoms with E-state index in [0.29, 0.717) is 5.52 Å². The summed E-state index contributed by atoms with van der Waals surface area (Å²) in [5.41, 5.74) is 10.7. The normalized spacial score (nSPS) is 12.6. The standard InChI is InChI=1S/C18H17FN2/c1-11-5-3-4-6-15(11)18-16(12(2)20)9-13-7-8-14(19)10-17(13)21-18/h3-10,12H,20H2,1-2H3. The Labute approximate surface area is 123 Å². The molecule has 106 valence electrons. The van der Waals surface area contributed by atoms with E-state index >= 15 is 0 Å². The van der Waals surface area contributed by atoms with Crippen LogP contribution in [0.4, 0.5) is 4.39 Å². The lowest BCUT2D eigenvalue weighted by atomic mass is 9.96. The van der Waals surface area contributed by atoms with Crippen LogP contribution in [0.25, 0.3) is 22.2 Å². The van der Waals surface area contributed by atoms with Crippen LogP contribution in [0.1, 0.15) is 24.1 Å². The minimum atomic E-state index is -0.278. The number of hydrogen-bond donors (Lipinski definition) is 1. The monoisotopic (exact) mass is 280 g/mol. The van der Waals surface area contributed by atoms with Crippen molar-refractivity contribution in [2.24, 2.45) is 5.73 Å². The molecule has 21 heavy (non-hydrogen) atoms. The lowest BCUT2D eigenvalue weighted by molar-refractivity contribution is 0.629. The lowest BCUT2D eigenvalue weighted by Gasteiger charge is -2.15. The van der Waals surface area contributed by atoms with E-state index in [0.717, 1.165) is 27.8 Å². The van der Waals surface area contributed by atoms with Crippen LogP contribution >= 0.6 is 0 Å². The first-order valence-electron chi connectivity index (χ1n) is 6.98. The molecule has 0 saturated heterocycles. The van der Waals surface area contributed by atoms with E-state index in [9.17, 15) is 4.39 Å². The summed E-state index contributed by atoms with van der Waals surface area (Å²) in [6.07, 6.45) is 0. The van der Waals surface area contributed by atoms with Crippen LogP contribution in [-0.2, 0) is 0 Å². The van der Waals surface area contributed by atoms with Gasteiger partial charge in [0.25, 0.3) is 0 Å². The SMILES string of the molecule is Cc1ccccc1-c1nc2cc(F)ccc2cc1C(C)N. The van der Waals surface area contributed by atoms with E-state index in [1.54, 1.807) is 6.07 Å². The van der Waals surface area contributed by atoms with Crippen LogP contribution in [-0.4, -0.2) is 4.98 Å². The van der Waals surface area contributed by atoms with Gasteiger partial charge in [-0.25, -0.2) is 9.37 Å². The minimum Gasteiger partial charge on any atom is -0.324 e. The van der Waals surface area contributed by atoms with Gasteiger partial charge in [-0.2, -0.15) is 0 Å². The van der Waals surface area contributed by atoms with Crippen molar-refractivity contribution in [2.45, 2.75) is 19.9 Å². The number of pyridine rings is 1. The van der Waals surface area contributed by atoms with Crippen molar-refractivity contribution in [1.82, 2.24) is 4.98 Å². The molecule has 1 atom stereocenters. The van der Waals surface area contributed by atoms with Gasteiger partial charge >= 0.3 is 0 Å². The number of rotatable bonds is 2. The molecule has 1 unspecified atom stereocenters. The summed E-state index contributed by atoms with van der Waals surface area (Å²) in [6.45, 7) is 3.98. The summed E-state index contributed by atoms with van der Waals surface area (Å²) < 4.78 is 13.4. The van der Waals surface area contributed by atoms with Crippen LogP contribution < -0.4 is 5.73 Å². The fraction of sp³-hybridized carbons (Fsp3) is 0.167. The Kier molecular flexibility index (Phi) is 3.43. The molecular formula is C18H17FN2. The first-order chi connectivity index (χ1) is 10.1. The van der Waals surface area contributed by atoms with Crippen molar-refractivity contribution in [1.29, 1.82) is 0 Å². The summed E-state index contributed by atoms with van der Waals surface area (Å²) in [5.74, 6) is -0.278. The van der Waals surface area contributed by atoms with Crippen LogP contribution in [0.2, 0.25) is 0 Å². The summed E-state index contributed by atoms with van der Waals surface area (Å²) in [6, 6.07) is 14.5. The third kappa shape index (κ3) is 2.52. The van der Waals surface area contributed by atoms with E-state index in [1.165, 1.54) is 12.1 Å². The molecule has 2 aromatic carbocycles. The minimum absolute atomic E-state index is 0.137. The molecule has 0 aliphatic carbocycles. The highest BCUT2D eigenvalue weighted by atomic mass is 19.1. The Morgan fingerprint density at radius 1 is 1.10 bits per heavy atom. The number of benzene rings is 2. The molecule has 2 nitrogen and oxygen atoms in total. The number of fused-ring (bicyclic) bond motifs is 1. The highest BCUT2D eigenvalue weighted by Crippen LogP contribution is 2.31. The fourth-order valence-electron chi connectivity index (χ4n) is 2.56. The molecule has 0 amide bonds. The molecule has 0 spiro atoms. The number of aromatic nitrogens is 1. The van der Waals surface area contributed by atoms with E-state index in [4.69, 9.17) is 5.73 Å². The van der Waals surface area contributed by atoms with Gasteiger partial charge in [0, 0.05) is 23.1 Å². The van der Waals surface area contributed by atoms with Crippen molar-refractivity contribution in [3.63, 3.8) is 0 Å². The van der Waals surface area contributed by atoms with Crippen LogP contribution in [0.5, 0.6) is 0 Å². The van der Waals surface area contributed by atoms with Gasteiger partial charge in [0.15, 0.2) is 0 Å². The average Bonchev–Trinajstić information content (AvgIpc) is 2.46. The Morgan fingerprint density at radius 2 is 1.86 bits per heavy atom. The van der Waals surface area contributed by atoms with Crippen molar-refractivity contribution in [2.75, 3.05) is 0 Å². The number of nitrogens with zero attached hydrogens (tertiary/aromatic N) is 1. The van der Waals surface area contributed by atoms with E-state index in [1.807, 2.05) is 44.2 Å². The molecule has 1 aromatic heterocycles. The second-order valence-electron chi connectivity index (χ2n) is 5.37. The molecule has 1 heterocycles. The highest BCUT2D eigenvalue weighted by Gasteiger charge is 2.14. The van der Waals surface area contributed by atoms with E-state index in [2.05, 4.69) is 4.98 Å². The predicted molar refractivity (Wildman–Crippen MR) is 84.5 cm³/mol. The molecule has 0 bridgehead atoms. The van der Waals surface area contributed by atoms with Gasteiger partial charge < -0.3 is 5.73 Å². The van der Waals surface area contributed by atoms with Crippen molar-refractivity contribution >= 4 is 10.9 Å². The molecule has 0 fully saturated rings. The molecule has 3 heteroatoms. The zero-order valence-corrected chi connectivity index (χ0v) is 12.1. The molecule has 0 saturated carbocycles. The van der Waals surface area contributed by atoms with Gasteiger partial charge in [-0.1, -0.05) is 24.3 Å². The molecule has 2 N–H and O–H groups in total. The Hall–Kier alpha value is -2.26. The maximum atomic E-state index is 13.4. The Morgan fingerprint density at radius 3 is 2.57 bits per heavy atom. The smallest absolute Gasteiger partial charge is 0.125 e. The molecular weight excluding hydrogens is 263 g/mol. The largest absolute Gasteiger partial charge is 0.324 e. The molecule has 0 aliphatic heterocycles. The van der Waals surface area contributed by atoms with E-state index in [-0.39, 0.29) is 11.9 Å². The van der Waals surface area contributed by atoms with Gasteiger partial charge in [0.1, 0.15) is 5.82 Å². The number of nitrogens with two attached hydrogens (primary N) is 1. The highest BCUT2D eigenvalue weighted by molar-refractivity contribution is 5.84. The van der Waals surface area contributed by atoms with Crippen LogP contribution in [0.15, 0.2) is 48.5 Å². The first-order valence-corrected chi connectivity index (χ1v) is 6.98. The molecule has 3 rings (SSSR count). The van der Waals surface area contributed by atoms with Gasteiger partial charge in [-0.05, 0) is 43.2 Å². The van der Waals surface area contributed by atoms with Gasteiger partial charge in [0.2, 0.25) is 0 Å². The van der Waals surface area contributed by atoms with Crippen molar-refractivity contribution < 1.29 is 4.39 Å². The van der Waals surface area contributed by atoms with Gasteiger partial charge in [-0.15, -0.1) is 0 Å². The number of halogens is 1. The second kappa shape index (κ2) is 5.26. The van der Waals surface area contributed by atoms with Crippen molar-refractivity contribution in [3.8, 4) is 11.3 Å². The first kappa shape index (κ1) is 13.7. The molecule has 3 aromatic rings. The van der Waals surface area contributed by atoms with Crippen molar-refractivity contribution in [3.05, 3.63) is 65.5 Å². The number of aryl methyl sites for hydroxylation is 1. The van der Waals surface area contributed by atoms with Crippen LogP contribution in [0, 0.1) is 12.7 Å². The zero-order chi connectivity index (χ0) is 15.0. The zero-order valence-electron chi connectivity index (χ0n) is 12.1. The lowest BCUT2D eigenvalue weighted by Crippen LogP contribution is -2.08. The summed E-state index contributed by atoms with van der Waals surface area (Å²) in [7, 11) is 0. The van der Waals surface area contributed by atoms with Crippen LogP contribution in [0.3, 0.4) is 0 Å². The fourth-order valence-corrected chi connectivity index (χ4v) is 2.56. The van der Waals surface area contributed by atoms with E-state index < -0.39 is 0 Å². The van der Waals surface area contributed by atoms with Gasteiger partial charge in [-0.3, -0.25) is 0 Å². The molecule has 0 aliphatic rings. The molecule has 0 radical (unpaired) electrons. The Bertz CT molecular complexity index is 809. The summed E-state index contributed by atoms with van der Waals surface area (Å²) in [5, 5.41) is 0.904. The summed E-state index contributed by atoms with van der Waals surface area (Å²) >= 11 is 0. The Balaban J connectivity index is 2.34. The quantitative estimate of drug-likeness (QED) is 0.757. The van der Waals surface area contributed by atoms with Gasteiger partial charge in [0.05, 0.1) is 11.2 Å². The maximum absolute atomic E-state index is 13.4. The summed E-state index contributed by atoms with van der Waals surface area (Å²) in [4.78, 5) is 4.67. The topological polar surface area (TPSA) is 38.9 Å². The third-order valence-electron chi connectivity index (χ3n) is 3.70. The predicted octanol–water partition coefficient (Wildman–Crippen LogP) is 4.37. The average molecular weight is 280 g/mol.